The second kappa shape index (κ2) is 20.4. The molecular weight excluding hydrogens is 725 g/mol. The van der Waals surface area contributed by atoms with Crippen LogP contribution >= 0.6 is 0 Å². The van der Waals surface area contributed by atoms with Gasteiger partial charge in [0.05, 0.1) is 11.4 Å². The molecule has 0 fully saturated rings. The van der Waals surface area contributed by atoms with E-state index in [0.29, 0.717) is 12.2 Å². The molecule has 2 heteroatoms. The molecule has 0 spiro atoms. The monoisotopic (exact) mass is 784 g/mol. The highest BCUT2D eigenvalue weighted by Gasteiger charge is 2.34. The van der Waals surface area contributed by atoms with E-state index >= 15 is 0 Å². The predicted octanol–water partition coefficient (Wildman–Crippen LogP) is 15.8. The number of nitrogens with zero attached hydrogens (tertiary/aromatic N) is 2. The fourth-order valence-corrected chi connectivity index (χ4v) is 7.91. The van der Waals surface area contributed by atoms with Crippen LogP contribution < -0.4 is 0 Å². The number of fused-ring (bicyclic) bond motifs is 1. The maximum absolute atomic E-state index is 5.21. The average molecular weight is 785 g/mol. The molecule has 0 saturated heterocycles. The van der Waals surface area contributed by atoms with Gasteiger partial charge in [0.15, 0.2) is 5.82 Å². The molecule has 5 aromatic rings. The molecule has 6 rings (SSSR count). The highest BCUT2D eigenvalue weighted by molar-refractivity contribution is 5.88. The Morgan fingerprint density at radius 3 is 2.07 bits per heavy atom. The van der Waals surface area contributed by atoms with Crippen LogP contribution in [-0.2, 0) is 11.8 Å². The summed E-state index contributed by atoms with van der Waals surface area (Å²) in [6, 6.07) is 32.0. The van der Waals surface area contributed by atoms with Gasteiger partial charge in [-0.2, -0.15) is 0 Å². The normalized spacial score (nSPS) is 13.3. The molecule has 60 heavy (non-hydrogen) atoms. The molecule has 0 N–H and O–H groups in total. The Morgan fingerprint density at radius 2 is 1.43 bits per heavy atom. The van der Waals surface area contributed by atoms with Crippen LogP contribution in [0.4, 0.5) is 0 Å². The van der Waals surface area contributed by atoms with Crippen LogP contribution in [0.5, 0.6) is 0 Å². The first-order valence-electron chi connectivity index (χ1n) is 20.7. The van der Waals surface area contributed by atoms with E-state index in [9.17, 15) is 0 Å². The summed E-state index contributed by atoms with van der Waals surface area (Å²) >= 11 is 0. The number of hydrogen-bond donors (Lipinski definition) is 0. The van der Waals surface area contributed by atoms with Gasteiger partial charge in [-0.25, -0.2) is 9.97 Å². The van der Waals surface area contributed by atoms with Gasteiger partial charge in [0.25, 0.3) is 0 Å². The molecule has 4 aromatic carbocycles. The molecule has 302 valence electrons. The third-order valence-corrected chi connectivity index (χ3v) is 11.0. The number of hydrogen-bond acceptors (Lipinski definition) is 2. The summed E-state index contributed by atoms with van der Waals surface area (Å²) in [7, 11) is 0. The molecule has 1 aliphatic rings. The molecule has 0 saturated carbocycles. The summed E-state index contributed by atoms with van der Waals surface area (Å²) in [6.45, 7) is 33.3. The summed E-state index contributed by atoms with van der Waals surface area (Å²) in [5.41, 5.74) is 19.4. The van der Waals surface area contributed by atoms with Gasteiger partial charge in [0.1, 0.15) is 0 Å². The number of aromatic nitrogens is 2. The second-order valence-electron chi connectivity index (χ2n) is 15.8. The Hall–Kier alpha value is -6.64. The lowest BCUT2D eigenvalue weighted by molar-refractivity contribution is 0.654. The third-order valence-electron chi connectivity index (χ3n) is 11.0. The van der Waals surface area contributed by atoms with E-state index in [4.69, 9.17) is 9.97 Å². The standard InChI is InChI=1S/C43H42N2.C15H18/c1-9-13-20-31(10-2)32-26-29(5)27-33(28-32)42-44-40(34(11-3)41(45-42)35-21-15-14-19-30(35)6)25-18-23-36-37-22-16-17-24-39(37)43(7,8)38(36)12-4;1-5-6-10-14(12(2)3)15-11-8-7-9-13(15)4/h9-24,26-28H,2-4,25H2,1,5-8H3;5-11H,1H2,2-4H3/b13-9-,23-18-,31-20+;10-6-. The van der Waals surface area contributed by atoms with Crippen molar-refractivity contribution in [2.24, 2.45) is 0 Å². The molecule has 1 aliphatic carbocycles. The largest absolute Gasteiger partial charge is 0.232 e. The first kappa shape index (κ1) is 44.5. The minimum atomic E-state index is -0.0983. The predicted molar refractivity (Wildman–Crippen MR) is 264 cm³/mol. The van der Waals surface area contributed by atoms with Crippen molar-refractivity contribution in [3.05, 3.63) is 239 Å². The zero-order valence-corrected chi connectivity index (χ0v) is 36.9. The third kappa shape index (κ3) is 9.96. The summed E-state index contributed by atoms with van der Waals surface area (Å²) in [6.07, 6.45) is 22.9. The summed E-state index contributed by atoms with van der Waals surface area (Å²) in [5.74, 6) is 0.694. The molecule has 0 bridgehead atoms. The maximum Gasteiger partial charge on any atom is 0.160 e. The summed E-state index contributed by atoms with van der Waals surface area (Å²) in [4.78, 5) is 10.4. The zero-order chi connectivity index (χ0) is 43.4. The first-order chi connectivity index (χ1) is 28.9. The SMILES string of the molecule is C=C/C=C\C(=C(C)C)c1ccccc1C.C=CC1=C(/C=C\Cc2nc(-c3cc(C)cc(/C(C=C)=C/C=C\C)c3)nc(-c3ccccc3C)c2C=C)c2ccccc2C1(C)C. The summed E-state index contributed by atoms with van der Waals surface area (Å²) < 4.78 is 0. The van der Waals surface area contributed by atoms with Gasteiger partial charge < -0.3 is 0 Å². The Bertz CT molecular complexity index is 2610. The Kier molecular flexibility index (Phi) is 15.1. The number of allylic oxidation sites excluding steroid dienone is 15. The molecule has 2 nitrogen and oxygen atoms in total. The Balaban J connectivity index is 0.000000384. The average Bonchev–Trinajstić information content (AvgIpc) is 3.46. The van der Waals surface area contributed by atoms with Crippen molar-refractivity contribution in [3.8, 4) is 22.6 Å². The summed E-state index contributed by atoms with van der Waals surface area (Å²) in [5, 5.41) is 0. The fourth-order valence-electron chi connectivity index (χ4n) is 7.91. The molecule has 0 unspecified atom stereocenters. The van der Waals surface area contributed by atoms with Crippen molar-refractivity contribution in [1.29, 1.82) is 0 Å². The van der Waals surface area contributed by atoms with Gasteiger partial charge in [0.2, 0.25) is 0 Å². The topological polar surface area (TPSA) is 25.8 Å². The molecule has 1 heterocycles. The molecule has 1 aromatic heterocycles. The van der Waals surface area contributed by atoms with Crippen LogP contribution in [0.1, 0.15) is 84.8 Å². The van der Waals surface area contributed by atoms with Crippen molar-refractivity contribution < 1.29 is 0 Å². The van der Waals surface area contributed by atoms with Crippen LogP contribution in [0.25, 0.3) is 45.4 Å². The number of aryl methyl sites for hydroxylation is 3. The van der Waals surface area contributed by atoms with Crippen LogP contribution in [-0.4, -0.2) is 9.97 Å². The van der Waals surface area contributed by atoms with Crippen molar-refractivity contribution in [2.75, 3.05) is 0 Å². The second-order valence-corrected chi connectivity index (χ2v) is 15.8. The zero-order valence-electron chi connectivity index (χ0n) is 36.9. The maximum atomic E-state index is 5.21. The van der Waals surface area contributed by atoms with E-state index < -0.39 is 0 Å². The number of benzene rings is 4. The first-order valence-corrected chi connectivity index (χ1v) is 20.7. The van der Waals surface area contributed by atoms with Crippen LogP contribution in [0.2, 0.25) is 0 Å². The Labute approximate surface area is 360 Å². The quantitative estimate of drug-likeness (QED) is 0.111. The molecule has 0 radical (unpaired) electrons. The van der Waals surface area contributed by atoms with Crippen LogP contribution in [0.15, 0.2) is 189 Å². The highest BCUT2D eigenvalue weighted by Crippen LogP contribution is 2.47. The van der Waals surface area contributed by atoms with Crippen molar-refractivity contribution in [2.45, 2.75) is 67.2 Å². The van der Waals surface area contributed by atoms with E-state index in [1.807, 2.05) is 43.4 Å². The Morgan fingerprint density at radius 1 is 0.750 bits per heavy atom. The molecule has 0 atom stereocenters. The van der Waals surface area contributed by atoms with E-state index in [1.165, 1.54) is 44.5 Å². The van der Waals surface area contributed by atoms with Gasteiger partial charge >= 0.3 is 0 Å². The van der Waals surface area contributed by atoms with Gasteiger partial charge in [-0.05, 0) is 115 Å². The molecule has 0 amide bonds. The molecule has 0 aliphatic heterocycles. The number of rotatable bonds is 13. The van der Waals surface area contributed by atoms with Gasteiger partial charge in [-0.15, -0.1) is 0 Å². The smallest absolute Gasteiger partial charge is 0.160 e. The minimum absolute atomic E-state index is 0.0983. The van der Waals surface area contributed by atoms with Gasteiger partial charge in [0, 0.05) is 28.5 Å². The van der Waals surface area contributed by atoms with Crippen molar-refractivity contribution in [3.63, 3.8) is 0 Å². The van der Waals surface area contributed by atoms with Crippen LogP contribution in [0, 0.1) is 20.8 Å². The van der Waals surface area contributed by atoms with E-state index in [2.05, 4.69) is 190 Å². The van der Waals surface area contributed by atoms with Crippen molar-refractivity contribution >= 4 is 22.8 Å². The van der Waals surface area contributed by atoms with Gasteiger partial charge in [-0.3, -0.25) is 0 Å². The molecular formula is C58H60N2. The van der Waals surface area contributed by atoms with Crippen LogP contribution in [0.3, 0.4) is 0 Å². The van der Waals surface area contributed by atoms with E-state index in [0.717, 1.165) is 50.3 Å². The minimum Gasteiger partial charge on any atom is -0.232 e. The van der Waals surface area contributed by atoms with Gasteiger partial charge in [-0.1, -0.05) is 191 Å². The van der Waals surface area contributed by atoms with E-state index in [-0.39, 0.29) is 5.41 Å². The lowest BCUT2D eigenvalue weighted by Gasteiger charge is -2.22. The van der Waals surface area contributed by atoms with E-state index in [1.54, 1.807) is 6.08 Å². The fraction of sp³-hybridized carbons (Fsp3) is 0.172. The lowest BCUT2D eigenvalue weighted by atomic mass is 9.81. The highest BCUT2D eigenvalue weighted by atomic mass is 14.9. The lowest BCUT2D eigenvalue weighted by Crippen LogP contribution is -2.15. The van der Waals surface area contributed by atoms with Crippen molar-refractivity contribution in [1.82, 2.24) is 9.97 Å².